The highest BCUT2D eigenvalue weighted by atomic mass is 19.1. The zero-order chi connectivity index (χ0) is 20.3. The maximum absolute atomic E-state index is 13.5. The summed E-state index contributed by atoms with van der Waals surface area (Å²) in [7, 11) is 1.75. The maximum atomic E-state index is 13.5. The van der Waals surface area contributed by atoms with Crippen LogP contribution in [0.15, 0.2) is 48.5 Å². The molecule has 0 N–H and O–H groups in total. The summed E-state index contributed by atoms with van der Waals surface area (Å²) in [5.41, 5.74) is 1.48. The van der Waals surface area contributed by atoms with E-state index in [4.69, 9.17) is 4.74 Å². The number of rotatable bonds is 6. The number of ether oxygens (including phenoxy) is 1. The molecule has 0 aromatic heterocycles. The number of nitrogens with zero attached hydrogens (tertiary/aromatic N) is 2. The van der Waals surface area contributed by atoms with Crippen LogP contribution in [0, 0.1) is 11.7 Å². The molecule has 2 atom stereocenters. The first-order valence-corrected chi connectivity index (χ1v) is 9.46. The molecule has 1 saturated heterocycles. The maximum Gasteiger partial charge on any atom is 0.228 e. The summed E-state index contributed by atoms with van der Waals surface area (Å²) in [5.74, 6) is -0.300. The van der Waals surface area contributed by atoms with Crippen LogP contribution < -0.4 is 9.64 Å². The molecule has 0 saturated carbocycles. The van der Waals surface area contributed by atoms with E-state index in [9.17, 15) is 14.0 Å². The van der Waals surface area contributed by atoms with Gasteiger partial charge in [-0.25, -0.2) is 4.39 Å². The Labute approximate surface area is 164 Å². The molecule has 2 aromatic carbocycles. The highest BCUT2D eigenvalue weighted by molar-refractivity contribution is 6.00. The summed E-state index contributed by atoms with van der Waals surface area (Å²) >= 11 is 0. The Kier molecular flexibility index (Phi) is 5.97. The Balaban J connectivity index is 1.68. The van der Waals surface area contributed by atoms with E-state index in [-0.39, 0.29) is 30.8 Å². The van der Waals surface area contributed by atoms with Gasteiger partial charge in [0.1, 0.15) is 11.6 Å². The van der Waals surface area contributed by atoms with E-state index < -0.39 is 11.7 Å². The molecule has 3 rings (SSSR count). The third-order valence-corrected chi connectivity index (χ3v) is 5.20. The van der Waals surface area contributed by atoms with Crippen LogP contribution in [-0.4, -0.2) is 36.9 Å². The van der Waals surface area contributed by atoms with Crippen LogP contribution in [0.4, 0.5) is 10.1 Å². The number of halogens is 1. The number of anilines is 1. The van der Waals surface area contributed by atoms with Crippen LogP contribution in [0.5, 0.6) is 5.75 Å². The summed E-state index contributed by atoms with van der Waals surface area (Å²) < 4.78 is 18.9. The van der Waals surface area contributed by atoms with Gasteiger partial charge in [0, 0.05) is 25.7 Å². The van der Waals surface area contributed by atoms with Crippen LogP contribution in [0.25, 0.3) is 0 Å². The standard InChI is InChI=1S/C22H25FN2O3/c1-4-28-20-10-8-16(9-11-20)15(2)24(3)22(27)17-12-21(26)25(14-17)19-7-5-6-18(23)13-19/h5-11,13,15,17H,4,12,14H2,1-3H3/t15-,17-/m1/s1. The molecule has 0 unspecified atom stereocenters. The fourth-order valence-electron chi connectivity index (χ4n) is 3.48. The molecule has 0 radical (unpaired) electrons. The van der Waals surface area contributed by atoms with Crippen LogP contribution >= 0.6 is 0 Å². The van der Waals surface area contributed by atoms with E-state index >= 15 is 0 Å². The van der Waals surface area contributed by atoms with Crippen LogP contribution in [0.3, 0.4) is 0 Å². The molecule has 1 heterocycles. The lowest BCUT2D eigenvalue weighted by atomic mass is 10.0. The number of carbonyl (C=O) groups is 2. The van der Waals surface area contributed by atoms with Crippen molar-refractivity contribution in [1.82, 2.24) is 4.90 Å². The second-order valence-electron chi connectivity index (χ2n) is 7.01. The first kappa shape index (κ1) is 19.9. The monoisotopic (exact) mass is 384 g/mol. The first-order valence-electron chi connectivity index (χ1n) is 9.46. The third kappa shape index (κ3) is 4.16. The molecular formula is C22H25FN2O3. The number of hydrogen-bond donors (Lipinski definition) is 0. The van der Waals surface area contributed by atoms with Gasteiger partial charge in [-0.2, -0.15) is 0 Å². The number of hydrogen-bond acceptors (Lipinski definition) is 3. The van der Waals surface area contributed by atoms with Gasteiger partial charge in [-0.15, -0.1) is 0 Å². The van der Waals surface area contributed by atoms with Gasteiger partial charge < -0.3 is 14.5 Å². The lowest BCUT2D eigenvalue weighted by Gasteiger charge is -2.28. The SMILES string of the molecule is CCOc1ccc([C@@H](C)N(C)C(=O)[C@@H]2CC(=O)N(c3cccc(F)c3)C2)cc1. The van der Waals surface area contributed by atoms with E-state index in [1.165, 1.54) is 17.0 Å². The predicted molar refractivity (Wildman–Crippen MR) is 106 cm³/mol. The van der Waals surface area contributed by atoms with E-state index in [0.29, 0.717) is 12.3 Å². The molecule has 2 aromatic rings. The normalized spacial score (nSPS) is 17.5. The molecular weight excluding hydrogens is 359 g/mol. The van der Waals surface area contributed by atoms with Gasteiger partial charge in [-0.1, -0.05) is 18.2 Å². The van der Waals surface area contributed by atoms with E-state index in [0.717, 1.165) is 11.3 Å². The average molecular weight is 384 g/mol. The van der Waals surface area contributed by atoms with Crippen molar-refractivity contribution in [2.45, 2.75) is 26.3 Å². The van der Waals surface area contributed by atoms with E-state index in [1.807, 2.05) is 38.1 Å². The molecule has 28 heavy (non-hydrogen) atoms. The van der Waals surface area contributed by atoms with Gasteiger partial charge in [0.15, 0.2) is 0 Å². The Bertz CT molecular complexity index is 853. The highest BCUT2D eigenvalue weighted by Gasteiger charge is 2.37. The topological polar surface area (TPSA) is 49.9 Å². The molecule has 1 fully saturated rings. The average Bonchev–Trinajstić information content (AvgIpc) is 3.09. The molecule has 148 valence electrons. The van der Waals surface area contributed by atoms with Gasteiger partial charge >= 0.3 is 0 Å². The number of carbonyl (C=O) groups excluding carboxylic acids is 2. The van der Waals surface area contributed by atoms with Gasteiger partial charge in [0.25, 0.3) is 0 Å². The molecule has 0 bridgehead atoms. The summed E-state index contributed by atoms with van der Waals surface area (Å²) in [5, 5.41) is 0. The smallest absolute Gasteiger partial charge is 0.228 e. The van der Waals surface area contributed by atoms with Crippen molar-refractivity contribution in [2.24, 2.45) is 5.92 Å². The van der Waals surface area contributed by atoms with Gasteiger partial charge in [-0.05, 0) is 49.7 Å². The van der Waals surface area contributed by atoms with E-state index in [1.54, 1.807) is 24.1 Å². The van der Waals surface area contributed by atoms with Crippen molar-refractivity contribution in [3.05, 3.63) is 59.9 Å². The van der Waals surface area contributed by atoms with Gasteiger partial charge in [-0.3, -0.25) is 9.59 Å². The highest BCUT2D eigenvalue weighted by Crippen LogP contribution is 2.29. The van der Waals surface area contributed by atoms with Crippen molar-refractivity contribution in [1.29, 1.82) is 0 Å². The second kappa shape index (κ2) is 8.42. The Hall–Kier alpha value is -2.89. The lowest BCUT2D eigenvalue weighted by Crippen LogP contribution is -2.36. The largest absolute Gasteiger partial charge is 0.494 e. The van der Waals surface area contributed by atoms with Crippen LogP contribution in [0.2, 0.25) is 0 Å². The number of benzene rings is 2. The minimum Gasteiger partial charge on any atom is -0.494 e. The summed E-state index contributed by atoms with van der Waals surface area (Å²) in [4.78, 5) is 28.5. The Morgan fingerprint density at radius 2 is 2.00 bits per heavy atom. The zero-order valence-corrected chi connectivity index (χ0v) is 16.4. The molecule has 6 heteroatoms. The molecule has 0 spiro atoms. The third-order valence-electron chi connectivity index (χ3n) is 5.20. The van der Waals surface area contributed by atoms with E-state index in [2.05, 4.69) is 0 Å². The lowest BCUT2D eigenvalue weighted by molar-refractivity contribution is -0.136. The van der Waals surface area contributed by atoms with Crippen molar-refractivity contribution in [3.63, 3.8) is 0 Å². The zero-order valence-electron chi connectivity index (χ0n) is 16.4. The molecule has 0 aliphatic carbocycles. The van der Waals surface area contributed by atoms with Crippen LogP contribution in [0.1, 0.15) is 31.9 Å². The summed E-state index contributed by atoms with van der Waals surface area (Å²) in [6, 6.07) is 13.4. The van der Waals surface area contributed by atoms with Crippen molar-refractivity contribution < 1.29 is 18.7 Å². The Morgan fingerprint density at radius 3 is 2.64 bits per heavy atom. The van der Waals surface area contributed by atoms with Crippen molar-refractivity contribution in [3.8, 4) is 5.75 Å². The van der Waals surface area contributed by atoms with Crippen molar-refractivity contribution >= 4 is 17.5 Å². The minimum absolute atomic E-state index is 0.0892. The van der Waals surface area contributed by atoms with Crippen LogP contribution in [-0.2, 0) is 9.59 Å². The molecule has 2 amide bonds. The molecule has 5 nitrogen and oxygen atoms in total. The fourth-order valence-corrected chi connectivity index (χ4v) is 3.48. The molecule has 1 aliphatic rings. The minimum atomic E-state index is -0.439. The Morgan fingerprint density at radius 1 is 1.29 bits per heavy atom. The predicted octanol–water partition coefficient (Wildman–Crippen LogP) is 3.80. The fraction of sp³-hybridized carbons (Fsp3) is 0.364. The number of amides is 2. The summed E-state index contributed by atoms with van der Waals surface area (Å²) in [6.45, 7) is 4.75. The van der Waals surface area contributed by atoms with Gasteiger partial charge in [0.05, 0.1) is 18.6 Å². The quantitative estimate of drug-likeness (QED) is 0.761. The second-order valence-corrected chi connectivity index (χ2v) is 7.01. The first-order chi connectivity index (χ1) is 13.4. The van der Waals surface area contributed by atoms with Gasteiger partial charge in [0.2, 0.25) is 11.8 Å². The summed E-state index contributed by atoms with van der Waals surface area (Å²) in [6.07, 6.45) is 0.135. The molecule has 1 aliphatic heterocycles. The van der Waals surface area contributed by atoms with Crippen molar-refractivity contribution in [2.75, 3.05) is 25.1 Å².